The van der Waals surface area contributed by atoms with E-state index < -0.39 is 0 Å². The van der Waals surface area contributed by atoms with Crippen molar-refractivity contribution in [2.24, 2.45) is 11.8 Å². The number of hydrogen-bond donors (Lipinski definition) is 0. The minimum absolute atomic E-state index is 0.293. The molecular weight excluding hydrogens is 374 g/mol. The fourth-order valence-electron chi connectivity index (χ4n) is 6.17. The zero-order chi connectivity index (χ0) is 20.5. The summed E-state index contributed by atoms with van der Waals surface area (Å²) in [5.41, 5.74) is 5.60. The molecule has 1 aromatic heterocycles. The van der Waals surface area contributed by atoms with Gasteiger partial charge in [-0.1, -0.05) is 19.4 Å². The van der Waals surface area contributed by atoms with E-state index in [1.165, 1.54) is 55.4 Å². The first-order valence-corrected chi connectivity index (χ1v) is 12.2. The predicted octanol–water partition coefficient (Wildman–Crippen LogP) is 4.65. The van der Waals surface area contributed by atoms with E-state index >= 15 is 0 Å². The van der Waals surface area contributed by atoms with Gasteiger partial charge in [-0.25, -0.2) is 9.97 Å². The smallest absolute Gasteiger partial charge is 0.224 e. The molecule has 30 heavy (non-hydrogen) atoms. The fraction of sp³-hybridized carbons (Fsp3) is 0.760. The lowest BCUT2D eigenvalue weighted by Crippen LogP contribution is -2.46. The SMILES string of the molecule is CC(C)C[C@@H]1CCC2=C(C1)c1c(ncnc1O[C@H]1CC[C@H](N3CCOCC3)CC1)C2. The quantitative estimate of drug-likeness (QED) is 0.705. The molecule has 164 valence electrons. The molecule has 2 fully saturated rings. The maximum absolute atomic E-state index is 6.57. The molecule has 0 N–H and O–H groups in total. The van der Waals surface area contributed by atoms with Gasteiger partial charge in [-0.15, -0.1) is 0 Å². The lowest BCUT2D eigenvalue weighted by atomic mass is 9.80. The van der Waals surface area contributed by atoms with Crippen molar-refractivity contribution in [3.63, 3.8) is 0 Å². The zero-order valence-corrected chi connectivity index (χ0v) is 18.7. The Hall–Kier alpha value is -1.46. The molecule has 3 aliphatic carbocycles. The minimum Gasteiger partial charge on any atom is -0.474 e. The Balaban J connectivity index is 1.25. The standard InChI is InChI=1S/C25H37N3O2/c1-17(2)13-18-3-4-19-15-23-24(22(19)14-18)25(27-16-26-23)30-21-7-5-20(6-8-21)28-9-11-29-12-10-28/h16-18,20-21H,3-15H2,1-2H3/t18-,20-,21-/m0/s1. The Morgan fingerprint density at radius 1 is 1.10 bits per heavy atom. The number of aromatic nitrogens is 2. The van der Waals surface area contributed by atoms with Gasteiger partial charge in [0, 0.05) is 25.6 Å². The first-order valence-electron chi connectivity index (χ1n) is 12.2. The van der Waals surface area contributed by atoms with Gasteiger partial charge in [0.05, 0.1) is 24.5 Å². The van der Waals surface area contributed by atoms with E-state index in [-0.39, 0.29) is 0 Å². The number of rotatable bonds is 5. The van der Waals surface area contributed by atoms with Gasteiger partial charge in [-0.3, -0.25) is 4.90 Å². The van der Waals surface area contributed by atoms with Crippen molar-refractivity contribution in [1.82, 2.24) is 14.9 Å². The molecule has 1 saturated heterocycles. The van der Waals surface area contributed by atoms with Gasteiger partial charge in [-0.05, 0) is 68.8 Å². The third-order valence-electron chi connectivity index (χ3n) is 7.64. The highest BCUT2D eigenvalue weighted by molar-refractivity contribution is 5.79. The van der Waals surface area contributed by atoms with Crippen LogP contribution in [-0.2, 0) is 11.2 Å². The molecule has 4 aliphatic rings. The van der Waals surface area contributed by atoms with Crippen LogP contribution in [0.5, 0.6) is 5.88 Å². The summed E-state index contributed by atoms with van der Waals surface area (Å²) in [7, 11) is 0. The number of morpholine rings is 1. The van der Waals surface area contributed by atoms with Crippen LogP contribution in [0.1, 0.15) is 76.5 Å². The number of hydrogen-bond acceptors (Lipinski definition) is 5. The summed E-state index contributed by atoms with van der Waals surface area (Å²) in [5, 5.41) is 0. The second-order valence-electron chi connectivity index (χ2n) is 10.2. The summed E-state index contributed by atoms with van der Waals surface area (Å²) in [6.07, 6.45) is 12.8. The molecule has 0 spiro atoms. The van der Waals surface area contributed by atoms with E-state index in [2.05, 4.69) is 28.7 Å². The summed E-state index contributed by atoms with van der Waals surface area (Å²) >= 11 is 0. The average molecular weight is 412 g/mol. The number of nitrogens with zero attached hydrogens (tertiary/aromatic N) is 3. The Labute approximate surface area is 181 Å². The first kappa shape index (κ1) is 20.4. The van der Waals surface area contributed by atoms with Gasteiger partial charge in [0.2, 0.25) is 5.88 Å². The Bertz CT molecular complexity index is 777. The van der Waals surface area contributed by atoms with Crippen molar-refractivity contribution < 1.29 is 9.47 Å². The summed E-state index contributed by atoms with van der Waals surface area (Å²) < 4.78 is 12.1. The molecule has 1 aliphatic heterocycles. The van der Waals surface area contributed by atoms with E-state index in [9.17, 15) is 0 Å². The fourth-order valence-corrected chi connectivity index (χ4v) is 6.17. The second kappa shape index (κ2) is 8.96. The Morgan fingerprint density at radius 2 is 1.90 bits per heavy atom. The van der Waals surface area contributed by atoms with Crippen LogP contribution < -0.4 is 4.74 Å². The van der Waals surface area contributed by atoms with E-state index in [1.54, 1.807) is 11.9 Å². The lowest BCUT2D eigenvalue weighted by Gasteiger charge is -2.38. The van der Waals surface area contributed by atoms with Crippen LogP contribution >= 0.6 is 0 Å². The van der Waals surface area contributed by atoms with E-state index in [0.717, 1.165) is 63.3 Å². The third-order valence-corrected chi connectivity index (χ3v) is 7.64. The van der Waals surface area contributed by atoms with Crippen LogP contribution in [0.4, 0.5) is 0 Å². The normalized spacial score (nSPS) is 29.8. The number of allylic oxidation sites excluding steroid dienone is 2. The molecule has 0 radical (unpaired) electrons. The van der Waals surface area contributed by atoms with Crippen molar-refractivity contribution in [2.45, 2.75) is 83.8 Å². The van der Waals surface area contributed by atoms with Crippen LogP contribution in [0, 0.1) is 11.8 Å². The molecule has 0 unspecified atom stereocenters. The van der Waals surface area contributed by atoms with Gasteiger partial charge in [-0.2, -0.15) is 0 Å². The van der Waals surface area contributed by atoms with Gasteiger partial charge in [0.15, 0.2) is 0 Å². The Kier molecular flexibility index (Phi) is 6.10. The van der Waals surface area contributed by atoms with Gasteiger partial charge in [0.25, 0.3) is 0 Å². The highest BCUT2D eigenvalue weighted by Gasteiger charge is 2.34. The summed E-state index contributed by atoms with van der Waals surface area (Å²) in [4.78, 5) is 11.9. The molecule has 5 rings (SSSR count). The molecule has 1 atom stereocenters. The lowest BCUT2D eigenvalue weighted by molar-refractivity contribution is -0.00143. The number of fused-ring (bicyclic) bond motifs is 2. The predicted molar refractivity (Wildman–Crippen MR) is 119 cm³/mol. The van der Waals surface area contributed by atoms with Crippen LogP contribution in [-0.4, -0.2) is 53.3 Å². The second-order valence-corrected chi connectivity index (χ2v) is 10.2. The van der Waals surface area contributed by atoms with Crippen molar-refractivity contribution in [1.29, 1.82) is 0 Å². The molecule has 0 amide bonds. The maximum atomic E-state index is 6.57. The summed E-state index contributed by atoms with van der Waals surface area (Å²) in [6.45, 7) is 8.64. The molecule has 0 aromatic carbocycles. The molecule has 5 nitrogen and oxygen atoms in total. The van der Waals surface area contributed by atoms with Crippen LogP contribution in [0.2, 0.25) is 0 Å². The van der Waals surface area contributed by atoms with E-state index in [4.69, 9.17) is 9.47 Å². The van der Waals surface area contributed by atoms with Crippen molar-refractivity contribution in [2.75, 3.05) is 26.3 Å². The largest absolute Gasteiger partial charge is 0.474 e. The van der Waals surface area contributed by atoms with Crippen LogP contribution in [0.25, 0.3) is 5.57 Å². The van der Waals surface area contributed by atoms with Crippen molar-refractivity contribution in [3.05, 3.63) is 23.2 Å². The maximum Gasteiger partial charge on any atom is 0.224 e. The molecule has 2 heterocycles. The van der Waals surface area contributed by atoms with Gasteiger partial charge < -0.3 is 9.47 Å². The summed E-state index contributed by atoms with van der Waals surface area (Å²) in [5.74, 6) is 2.43. The molecule has 1 aromatic rings. The highest BCUT2D eigenvalue weighted by atomic mass is 16.5. The number of ether oxygens (including phenoxy) is 2. The van der Waals surface area contributed by atoms with Crippen molar-refractivity contribution in [3.8, 4) is 5.88 Å². The highest BCUT2D eigenvalue weighted by Crippen LogP contribution is 2.47. The van der Waals surface area contributed by atoms with Crippen molar-refractivity contribution >= 4 is 5.57 Å². The molecule has 0 bridgehead atoms. The zero-order valence-electron chi connectivity index (χ0n) is 18.7. The monoisotopic (exact) mass is 411 g/mol. The van der Waals surface area contributed by atoms with E-state index in [0.29, 0.717) is 12.1 Å². The molecule has 1 saturated carbocycles. The van der Waals surface area contributed by atoms with Gasteiger partial charge >= 0.3 is 0 Å². The topological polar surface area (TPSA) is 47.5 Å². The van der Waals surface area contributed by atoms with Crippen LogP contribution in [0.3, 0.4) is 0 Å². The first-order chi connectivity index (χ1) is 14.7. The molecule has 5 heteroatoms. The molecular formula is C25H37N3O2. The third kappa shape index (κ3) is 4.29. The van der Waals surface area contributed by atoms with Gasteiger partial charge in [0.1, 0.15) is 12.4 Å². The van der Waals surface area contributed by atoms with Crippen LogP contribution in [0.15, 0.2) is 11.9 Å². The Morgan fingerprint density at radius 3 is 2.67 bits per heavy atom. The summed E-state index contributed by atoms with van der Waals surface area (Å²) in [6, 6.07) is 0.703. The average Bonchev–Trinajstić information content (AvgIpc) is 3.13. The minimum atomic E-state index is 0.293. The van der Waals surface area contributed by atoms with E-state index in [1.807, 2.05) is 0 Å².